The molecule has 0 unspecified atom stereocenters. The molecule has 0 atom stereocenters. The van der Waals surface area contributed by atoms with Crippen LogP contribution in [-0.4, -0.2) is 15.3 Å². The van der Waals surface area contributed by atoms with Crippen LogP contribution in [0.5, 0.6) is 0 Å². The fourth-order valence-corrected chi connectivity index (χ4v) is 4.41. The van der Waals surface area contributed by atoms with Crippen molar-refractivity contribution in [3.8, 4) is 0 Å². The van der Waals surface area contributed by atoms with Gasteiger partial charge in [-0.1, -0.05) is 71.4 Å². The van der Waals surface area contributed by atoms with Crippen LogP contribution in [0.15, 0.2) is 89.4 Å². The summed E-state index contributed by atoms with van der Waals surface area (Å²) < 4.78 is 3.21. The molecule has 3 nitrogen and oxygen atoms in total. The minimum absolute atomic E-state index is 0.0126. The first-order valence-corrected chi connectivity index (χ1v) is 11.2. The van der Waals surface area contributed by atoms with Gasteiger partial charge < -0.3 is 4.57 Å². The number of benzene rings is 3. The van der Waals surface area contributed by atoms with Crippen molar-refractivity contribution >= 4 is 43.6 Å². The van der Waals surface area contributed by atoms with Crippen molar-refractivity contribution in [2.24, 2.45) is 0 Å². The van der Waals surface area contributed by atoms with E-state index in [0.29, 0.717) is 17.5 Å². The summed E-state index contributed by atoms with van der Waals surface area (Å²) in [6.07, 6.45) is 0.695. The molecule has 0 saturated carbocycles. The maximum atomic E-state index is 13.4. The average molecular weight is 469 g/mol. The first-order chi connectivity index (χ1) is 15.2. The molecule has 0 aliphatic carbocycles. The number of rotatable bonds is 5. The summed E-state index contributed by atoms with van der Waals surface area (Å²) in [5.74, 6) is 0.0126. The van der Waals surface area contributed by atoms with Crippen molar-refractivity contribution in [3.05, 3.63) is 112 Å². The predicted octanol–water partition coefficient (Wildman–Crippen LogP) is 6.79. The van der Waals surface area contributed by atoms with Gasteiger partial charge in [0, 0.05) is 32.9 Å². The van der Waals surface area contributed by atoms with E-state index in [1.54, 1.807) is 0 Å². The van der Waals surface area contributed by atoms with E-state index in [1.807, 2.05) is 42.5 Å². The van der Waals surface area contributed by atoms with Gasteiger partial charge in [-0.25, -0.2) is 4.98 Å². The second kappa shape index (κ2) is 8.12. The van der Waals surface area contributed by atoms with E-state index in [4.69, 9.17) is 4.98 Å². The zero-order chi connectivity index (χ0) is 21.4. The van der Waals surface area contributed by atoms with Crippen molar-refractivity contribution in [2.45, 2.75) is 19.9 Å². The highest BCUT2D eigenvalue weighted by molar-refractivity contribution is 9.10. The number of hydrogen-bond acceptors (Lipinski definition) is 2. The SMILES string of the molecule is CCc1nc2c(cc1C(=O)c1ccc(Br)cc1)c1ccccc1n2Cc1ccccc1. The highest BCUT2D eigenvalue weighted by Crippen LogP contribution is 2.31. The Labute approximate surface area is 189 Å². The number of carbonyl (C=O) groups is 1. The molecular weight excluding hydrogens is 448 g/mol. The molecule has 31 heavy (non-hydrogen) atoms. The third kappa shape index (κ3) is 3.57. The standard InChI is InChI=1S/C27H21BrN2O/c1-2-24-23(26(31)19-12-14-20(28)15-13-19)16-22-21-10-6-7-11-25(21)30(27(22)29-24)17-18-8-4-3-5-9-18/h3-16H,2,17H2,1H3. The monoisotopic (exact) mass is 468 g/mol. The number of ketones is 1. The molecule has 0 N–H and O–H groups in total. The molecule has 5 rings (SSSR count). The number of aromatic nitrogens is 2. The maximum absolute atomic E-state index is 13.4. The van der Waals surface area contributed by atoms with Crippen LogP contribution in [0.25, 0.3) is 21.9 Å². The molecule has 0 amide bonds. The lowest BCUT2D eigenvalue weighted by Crippen LogP contribution is -2.08. The topological polar surface area (TPSA) is 34.9 Å². The van der Waals surface area contributed by atoms with Crippen LogP contribution in [-0.2, 0) is 13.0 Å². The molecule has 0 saturated heterocycles. The summed E-state index contributed by atoms with van der Waals surface area (Å²) >= 11 is 3.44. The van der Waals surface area contributed by atoms with Crippen molar-refractivity contribution in [1.82, 2.24) is 9.55 Å². The minimum Gasteiger partial charge on any atom is -0.321 e. The van der Waals surface area contributed by atoms with Gasteiger partial charge in [-0.3, -0.25) is 4.79 Å². The lowest BCUT2D eigenvalue weighted by atomic mass is 9.99. The van der Waals surface area contributed by atoms with E-state index < -0.39 is 0 Å². The third-order valence-corrected chi connectivity index (χ3v) is 6.22. The number of nitrogens with zero attached hydrogens (tertiary/aromatic N) is 2. The summed E-state index contributed by atoms with van der Waals surface area (Å²) in [4.78, 5) is 18.4. The lowest BCUT2D eigenvalue weighted by molar-refractivity contribution is 0.103. The summed E-state index contributed by atoms with van der Waals surface area (Å²) in [5, 5.41) is 2.14. The van der Waals surface area contributed by atoms with E-state index in [2.05, 4.69) is 69.9 Å². The molecule has 5 aromatic rings. The molecular formula is C27H21BrN2O. The molecule has 0 aliphatic heterocycles. The Morgan fingerprint density at radius 1 is 0.903 bits per heavy atom. The quantitative estimate of drug-likeness (QED) is 0.266. The molecule has 2 heterocycles. The molecule has 0 aliphatic rings. The van der Waals surface area contributed by atoms with Crippen LogP contribution >= 0.6 is 15.9 Å². The summed E-state index contributed by atoms with van der Waals surface area (Å²) in [7, 11) is 0. The molecule has 0 bridgehead atoms. The average Bonchev–Trinajstić information content (AvgIpc) is 3.11. The van der Waals surface area contributed by atoms with Gasteiger partial charge in [0.1, 0.15) is 5.65 Å². The number of carbonyl (C=O) groups excluding carboxylic acids is 1. The van der Waals surface area contributed by atoms with Gasteiger partial charge in [0.25, 0.3) is 0 Å². The van der Waals surface area contributed by atoms with Crippen LogP contribution in [0, 0.1) is 0 Å². The highest BCUT2D eigenvalue weighted by atomic mass is 79.9. The first kappa shape index (κ1) is 19.7. The minimum atomic E-state index is 0.0126. The smallest absolute Gasteiger partial charge is 0.194 e. The van der Waals surface area contributed by atoms with Crippen molar-refractivity contribution < 1.29 is 4.79 Å². The number of aryl methyl sites for hydroxylation is 1. The van der Waals surface area contributed by atoms with Gasteiger partial charge in [-0.05, 0) is 48.4 Å². The van der Waals surface area contributed by atoms with E-state index in [-0.39, 0.29) is 5.78 Å². The van der Waals surface area contributed by atoms with Crippen molar-refractivity contribution in [2.75, 3.05) is 0 Å². The number of halogens is 1. The molecule has 0 radical (unpaired) electrons. The van der Waals surface area contributed by atoms with Crippen LogP contribution in [0.3, 0.4) is 0 Å². The van der Waals surface area contributed by atoms with Gasteiger partial charge in [-0.2, -0.15) is 0 Å². The summed E-state index contributed by atoms with van der Waals surface area (Å²) in [6.45, 7) is 2.79. The Bertz CT molecular complexity index is 1400. The Balaban J connectivity index is 1.73. The van der Waals surface area contributed by atoms with E-state index in [0.717, 1.165) is 38.6 Å². The second-order valence-electron chi connectivity index (χ2n) is 7.63. The zero-order valence-electron chi connectivity index (χ0n) is 17.2. The largest absolute Gasteiger partial charge is 0.321 e. The Morgan fingerprint density at radius 3 is 2.35 bits per heavy atom. The van der Waals surface area contributed by atoms with Crippen LogP contribution in [0.1, 0.15) is 34.1 Å². The maximum Gasteiger partial charge on any atom is 0.194 e. The van der Waals surface area contributed by atoms with E-state index >= 15 is 0 Å². The fraction of sp³-hybridized carbons (Fsp3) is 0.111. The second-order valence-corrected chi connectivity index (χ2v) is 8.55. The van der Waals surface area contributed by atoms with Crippen LogP contribution < -0.4 is 0 Å². The molecule has 3 aromatic carbocycles. The van der Waals surface area contributed by atoms with Gasteiger partial charge in [-0.15, -0.1) is 0 Å². The Kier molecular flexibility index (Phi) is 5.16. The number of pyridine rings is 1. The summed E-state index contributed by atoms with van der Waals surface area (Å²) in [5.41, 5.74) is 5.46. The number of hydrogen-bond donors (Lipinski definition) is 0. The van der Waals surface area contributed by atoms with Crippen molar-refractivity contribution in [3.63, 3.8) is 0 Å². The molecule has 152 valence electrons. The molecule has 2 aromatic heterocycles. The molecule has 4 heteroatoms. The van der Waals surface area contributed by atoms with Crippen molar-refractivity contribution in [1.29, 1.82) is 0 Å². The summed E-state index contributed by atoms with van der Waals surface area (Å²) in [6, 6.07) is 28.3. The molecule has 0 spiro atoms. The van der Waals surface area contributed by atoms with Gasteiger partial charge in [0.05, 0.1) is 11.2 Å². The Morgan fingerprint density at radius 2 is 1.61 bits per heavy atom. The third-order valence-electron chi connectivity index (χ3n) is 5.69. The zero-order valence-corrected chi connectivity index (χ0v) is 18.8. The van der Waals surface area contributed by atoms with Gasteiger partial charge in [0.15, 0.2) is 5.78 Å². The molecule has 0 fully saturated rings. The normalized spacial score (nSPS) is 11.3. The lowest BCUT2D eigenvalue weighted by Gasteiger charge is -2.10. The fourth-order valence-electron chi connectivity index (χ4n) is 4.14. The number of fused-ring (bicyclic) bond motifs is 3. The predicted molar refractivity (Wildman–Crippen MR) is 130 cm³/mol. The van der Waals surface area contributed by atoms with Crippen LogP contribution in [0.2, 0.25) is 0 Å². The first-order valence-electron chi connectivity index (χ1n) is 10.4. The van der Waals surface area contributed by atoms with Gasteiger partial charge >= 0.3 is 0 Å². The van der Waals surface area contributed by atoms with Gasteiger partial charge in [0.2, 0.25) is 0 Å². The van der Waals surface area contributed by atoms with Crippen LogP contribution in [0.4, 0.5) is 0 Å². The highest BCUT2D eigenvalue weighted by Gasteiger charge is 2.19. The Hall–Kier alpha value is -3.24. The van der Waals surface area contributed by atoms with E-state index in [1.165, 1.54) is 5.56 Å². The van der Waals surface area contributed by atoms with E-state index in [9.17, 15) is 4.79 Å². The number of para-hydroxylation sites is 1.